The Balaban J connectivity index is 1.77. The van der Waals surface area contributed by atoms with Crippen molar-refractivity contribution in [2.75, 3.05) is 26.4 Å². The monoisotopic (exact) mass is 670 g/mol. The van der Waals surface area contributed by atoms with E-state index in [4.69, 9.17) is 23.1 Å². The average molecular weight is 671 g/mol. The maximum atomic E-state index is 7.57. The van der Waals surface area contributed by atoms with Crippen molar-refractivity contribution in [3.63, 3.8) is 0 Å². The van der Waals surface area contributed by atoms with Crippen molar-refractivity contribution in [1.29, 1.82) is 0 Å². The van der Waals surface area contributed by atoms with Crippen LogP contribution in [0.1, 0.15) is 79.1 Å². The van der Waals surface area contributed by atoms with Gasteiger partial charge in [-0.1, -0.05) is 102 Å². The highest BCUT2D eigenvalue weighted by atomic mass is 28.4. The van der Waals surface area contributed by atoms with Gasteiger partial charge in [-0.15, -0.1) is 0 Å². The molecule has 0 fully saturated rings. The van der Waals surface area contributed by atoms with Gasteiger partial charge in [-0.3, -0.25) is 0 Å². The Hall–Kier alpha value is -3.53. The largest absolute Gasteiger partial charge is 0.494 e. The fourth-order valence-electron chi connectivity index (χ4n) is 5.24. The fraction of sp³-hybridized carbons (Fsp3) is 0.400. The van der Waals surface area contributed by atoms with Crippen LogP contribution in [0.4, 0.5) is 0 Å². The van der Waals surface area contributed by atoms with Gasteiger partial charge in [0.25, 0.3) is 0 Å². The molecule has 47 heavy (non-hydrogen) atoms. The van der Waals surface area contributed by atoms with Gasteiger partial charge in [0.1, 0.15) is 23.0 Å². The van der Waals surface area contributed by atoms with Gasteiger partial charge >= 0.3 is 0 Å². The molecule has 0 spiro atoms. The third-order valence-corrected chi connectivity index (χ3v) is 14.0. The van der Waals surface area contributed by atoms with E-state index >= 15 is 0 Å². The molecule has 0 atom stereocenters. The lowest BCUT2D eigenvalue weighted by Gasteiger charge is -2.26. The molecule has 0 saturated heterocycles. The zero-order valence-electron chi connectivity index (χ0n) is 28.9. The average Bonchev–Trinajstić information content (AvgIpc) is 3.10. The summed E-state index contributed by atoms with van der Waals surface area (Å²) in [4.78, 5) is 0. The Morgan fingerprint density at radius 3 is 0.872 bits per heavy atom. The molecule has 4 rings (SSSR count). The SMILES string of the molecule is CCCCOc1cccc([SiH](O[SiH](c2cccc(OCCCC)c2)c2cccc(OCCCC)c2)c2cccc(OCCCC)c2)c1. The molecule has 0 aliphatic rings. The van der Waals surface area contributed by atoms with Gasteiger partial charge in [0.05, 0.1) is 26.4 Å². The molecule has 0 amide bonds. The van der Waals surface area contributed by atoms with Crippen LogP contribution in [0.2, 0.25) is 0 Å². The molecule has 0 N–H and O–H groups in total. The van der Waals surface area contributed by atoms with Gasteiger partial charge < -0.3 is 23.1 Å². The molecule has 252 valence electrons. The quantitative estimate of drug-likeness (QED) is 0.0681. The molecule has 5 nitrogen and oxygen atoms in total. The van der Waals surface area contributed by atoms with Gasteiger partial charge in [-0.2, -0.15) is 0 Å². The van der Waals surface area contributed by atoms with Crippen molar-refractivity contribution in [3.05, 3.63) is 97.1 Å². The number of ether oxygens (including phenoxy) is 4. The van der Waals surface area contributed by atoms with Crippen LogP contribution < -0.4 is 39.7 Å². The normalized spacial score (nSPS) is 11.2. The van der Waals surface area contributed by atoms with Crippen molar-refractivity contribution in [2.45, 2.75) is 79.1 Å². The standard InChI is InChI=1S/C40H54O5Si2/c1-5-9-25-41-33-17-13-21-37(29-33)46(38-22-14-18-34(30-38)42-26-10-6-2)45-47(39-23-15-19-35(31-39)43-27-11-7-3)40-24-16-20-36(32-40)44-28-12-8-4/h13-24,29-32,46-47H,5-12,25-28H2,1-4H3. The van der Waals surface area contributed by atoms with Gasteiger partial charge in [0.15, 0.2) is 0 Å². The summed E-state index contributed by atoms with van der Waals surface area (Å²) in [6.45, 7) is 11.6. The summed E-state index contributed by atoms with van der Waals surface area (Å²) >= 11 is 0. The fourth-order valence-corrected chi connectivity index (χ4v) is 12.0. The first-order valence-corrected chi connectivity index (χ1v) is 21.0. The molecule has 0 aliphatic heterocycles. The lowest BCUT2D eigenvalue weighted by Crippen LogP contribution is -2.56. The van der Waals surface area contributed by atoms with Crippen LogP contribution in [0.5, 0.6) is 23.0 Å². The van der Waals surface area contributed by atoms with Crippen molar-refractivity contribution >= 4 is 38.8 Å². The van der Waals surface area contributed by atoms with Crippen molar-refractivity contribution in [3.8, 4) is 23.0 Å². The van der Waals surface area contributed by atoms with Crippen LogP contribution in [0.25, 0.3) is 0 Å². The van der Waals surface area contributed by atoms with E-state index in [1.165, 1.54) is 20.7 Å². The maximum absolute atomic E-state index is 7.57. The molecular weight excluding hydrogens is 617 g/mol. The van der Waals surface area contributed by atoms with E-state index in [0.717, 1.165) is 74.4 Å². The second kappa shape index (κ2) is 20.7. The molecule has 4 aromatic rings. The number of hydrogen-bond acceptors (Lipinski definition) is 5. The molecule has 0 unspecified atom stereocenters. The summed E-state index contributed by atoms with van der Waals surface area (Å²) in [6, 6.07) is 34.2. The summed E-state index contributed by atoms with van der Waals surface area (Å²) < 4.78 is 32.3. The molecule has 0 aliphatic carbocycles. The maximum Gasteiger partial charge on any atom is 0.229 e. The summed E-state index contributed by atoms with van der Waals surface area (Å²) in [6.07, 6.45) is 8.51. The van der Waals surface area contributed by atoms with E-state index < -0.39 is 18.1 Å². The smallest absolute Gasteiger partial charge is 0.229 e. The Bertz CT molecular complexity index is 1250. The molecule has 7 heteroatoms. The Labute approximate surface area is 286 Å². The van der Waals surface area contributed by atoms with Crippen molar-refractivity contribution < 1.29 is 23.1 Å². The number of hydrogen-bond donors (Lipinski definition) is 0. The zero-order valence-corrected chi connectivity index (χ0v) is 31.2. The van der Waals surface area contributed by atoms with E-state index in [1.807, 2.05) is 0 Å². The number of unbranched alkanes of at least 4 members (excludes halogenated alkanes) is 4. The van der Waals surface area contributed by atoms with Crippen LogP contribution >= 0.6 is 0 Å². The van der Waals surface area contributed by atoms with Gasteiger partial charge in [0, 0.05) is 0 Å². The second-order valence-corrected chi connectivity index (χ2v) is 17.3. The van der Waals surface area contributed by atoms with E-state index in [2.05, 4.69) is 125 Å². The summed E-state index contributed by atoms with van der Waals surface area (Å²) in [5, 5.41) is 4.75. The third kappa shape index (κ3) is 11.9. The molecule has 0 heterocycles. The first kappa shape index (κ1) is 36.3. The molecule has 4 aromatic carbocycles. The summed E-state index contributed by atoms with van der Waals surface area (Å²) in [5.41, 5.74) is 0. The van der Waals surface area contributed by atoms with Crippen molar-refractivity contribution in [2.24, 2.45) is 0 Å². The van der Waals surface area contributed by atoms with Crippen LogP contribution in [-0.4, -0.2) is 44.5 Å². The Morgan fingerprint density at radius 2 is 0.638 bits per heavy atom. The van der Waals surface area contributed by atoms with Crippen LogP contribution in [0.15, 0.2) is 97.1 Å². The van der Waals surface area contributed by atoms with Crippen LogP contribution in [-0.2, 0) is 4.12 Å². The van der Waals surface area contributed by atoms with E-state index in [0.29, 0.717) is 26.4 Å². The van der Waals surface area contributed by atoms with Crippen molar-refractivity contribution in [1.82, 2.24) is 0 Å². The minimum Gasteiger partial charge on any atom is -0.494 e. The lowest BCUT2D eigenvalue weighted by atomic mass is 10.3. The molecule has 0 saturated carbocycles. The highest BCUT2D eigenvalue weighted by molar-refractivity contribution is 6.91. The zero-order chi connectivity index (χ0) is 33.1. The summed E-state index contributed by atoms with van der Waals surface area (Å²) in [5.74, 6) is 3.57. The second-order valence-electron chi connectivity index (χ2n) is 12.0. The topological polar surface area (TPSA) is 46.2 Å². The van der Waals surface area contributed by atoms with E-state index in [-0.39, 0.29) is 0 Å². The first-order valence-electron chi connectivity index (χ1n) is 17.7. The van der Waals surface area contributed by atoms with E-state index in [9.17, 15) is 0 Å². The molecule has 0 aromatic heterocycles. The van der Waals surface area contributed by atoms with Gasteiger partial charge in [-0.05, 0) is 95.0 Å². The van der Waals surface area contributed by atoms with E-state index in [1.54, 1.807) is 0 Å². The third-order valence-electron chi connectivity index (χ3n) is 7.98. The molecule has 0 bridgehead atoms. The minimum absolute atomic E-state index is 0.709. The van der Waals surface area contributed by atoms with Gasteiger partial charge in [0.2, 0.25) is 18.1 Å². The highest BCUT2D eigenvalue weighted by Crippen LogP contribution is 2.16. The molecular formula is C40H54O5Si2. The van der Waals surface area contributed by atoms with Crippen LogP contribution in [0, 0.1) is 0 Å². The first-order chi connectivity index (χ1) is 23.1. The number of benzene rings is 4. The summed E-state index contributed by atoms with van der Waals surface area (Å²) in [7, 11) is -4.50. The van der Waals surface area contributed by atoms with Gasteiger partial charge in [-0.25, -0.2) is 0 Å². The van der Waals surface area contributed by atoms with Crippen LogP contribution in [0.3, 0.4) is 0 Å². The molecule has 0 radical (unpaired) electrons. The highest BCUT2D eigenvalue weighted by Gasteiger charge is 2.28. The predicted molar refractivity (Wildman–Crippen MR) is 201 cm³/mol. The predicted octanol–water partition coefficient (Wildman–Crippen LogP) is 6.80. The Morgan fingerprint density at radius 1 is 0.383 bits per heavy atom. The Kier molecular flexibility index (Phi) is 16.0. The minimum atomic E-state index is -2.25. The lowest BCUT2D eigenvalue weighted by molar-refractivity contribution is 0.309. The number of rotatable bonds is 22.